The highest BCUT2D eigenvalue weighted by molar-refractivity contribution is 14.1. The number of carboxylic acids is 1. The zero-order valence-corrected chi connectivity index (χ0v) is 13.8. The molecule has 0 radical (unpaired) electrons. The van der Waals surface area contributed by atoms with Crippen molar-refractivity contribution in [1.82, 2.24) is 0 Å². The van der Waals surface area contributed by atoms with E-state index in [-0.39, 0.29) is 0 Å². The second kappa shape index (κ2) is 5.79. The molecular weight excluding hydrogens is 375 g/mol. The molecule has 1 N–H and O–H groups in total. The van der Waals surface area contributed by atoms with Crippen LogP contribution in [0.2, 0.25) is 0 Å². The van der Waals surface area contributed by atoms with Crippen molar-refractivity contribution < 1.29 is 9.90 Å². The highest BCUT2D eigenvalue weighted by Gasteiger charge is 2.43. The fourth-order valence-corrected chi connectivity index (χ4v) is 3.71. The van der Waals surface area contributed by atoms with Gasteiger partial charge in [0.2, 0.25) is 0 Å². The van der Waals surface area contributed by atoms with Gasteiger partial charge in [0.25, 0.3) is 0 Å². The van der Waals surface area contributed by atoms with Crippen molar-refractivity contribution in [2.24, 2.45) is 0 Å². The molecule has 0 bridgehead atoms. The predicted molar refractivity (Wildman–Crippen MR) is 91.6 cm³/mol. The number of fused-ring (bicyclic) bond motifs is 1. The number of carbonyl (C=O) groups is 1. The Balaban J connectivity index is 2.05. The summed E-state index contributed by atoms with van der Waals surface area (Å²) in [7, 11) is 0. The van der Waals surface area contributed by atoms with Crippen molar-refractivity contribution in [3.8, 4) is 0 Å². The Kier molecular flexibility index (Phi) is 4.02. The van der Waals surface area contributed by atoms with Crippen LogP contribution >= 0.6 is 22.6 Å². The van der Waals surface area contributed by atoms with E-state index in [9.17, 15) is 9.90 Å². The minimum atomic E-state index is -0.776. The third-order valence-electron chi connectivity index (χ3n) is 4.41. The molecule has 2 aromatic rings. The monoisotopic (exact) mass is 392 g/mol. The quantitative estimate of drug-likeness (QED) is 0.796. The van der Waals surface area contributed by atoms with Crippen LogP contribution in [0.15, 0.2) is 48.5 Å². The summed E-state index contributed by atoms with van der Waals surface area (Å²) in [5.41, 5.74) is 2.51. The number of aryl methyl sites for hydroxylation is 1. The van der Waals surface area contributed by atoms with E-state index in [2.05, 4.69) is 28.7 Å². The van der Waals surface area contributed by atoms with Crippen LogP contribution in [0.3, 0.4) is 0 Å². The Bertz CT molecular complexity index is 663. The van der Waals surface area contributed by atoms with Gasteiger partial charge in [0.1, 0.15) is 0 Å². The second-order valence-electron chi connectivity index (χ2n) is 5.70. The lowest BCUT2D eigenvalue weighted by Crippen LogP contribution is -2.41. The minimum Gasteiger partial charge on any atom is -0.481 e. The van der Waals surface area contributed by atoms with Crippen molar-refractivity contribution in [3.63, 3.8) is 0 Å². The number of carboxylic acid groups (broad SMARTS) is 1. The topological polar surface area (TPSA) is 37.3 Å². The maximum atomic E-state index is 12.1. The first kappa shape index (κ1) is 14.6. The van der Waals surface area contributed by atoms with Gasteiger partial charge < -0.3 is 5.11 Å². The van der Waals surface area contributed by atoms with Gasteiger partial charge in [-0.25, -0.2) is 0 Å². The summed E-state index contributed by atoms with van der Waals surface area (Å²) in [5, 5.41) is 9.95. The normalized spacial score (nSPS) is 20.8. The number of rotatable bonds is 3. The highest BCUT2D eigenvalue weighted by Crippen LogP contribution is 2.40. The number of hydrogen-bond donors (Lipinski definition) is 1. The molecule has 21 heavy (non-hydrogen) atoms. The summed E-state index contributed by atoms with van der Waals surface area (Å²) in [4.78, 5) is 12.1. The van der Waals surface area contributed by atoms with E-state index in [1.54, 1.807) is 0 Å². The van der Waals surface area contributed by atoms with Crippen LogP contribution in [0.4, 0.5) is 0 Å². The Hall–Kier alpha value is -1.36. The SMILES string of the molecule is O=C(O)C1(Cc2ccc(I)cc2)CCCc2ccccc21. The van der Waals surface area contributed by atoms with Crippen molar-refractivity contribution in [2.75, 3.05) is 0 Å². The van der Waals surface area contributed by atoms with Gasteiger partial charge >= 0.3 is 5.97 Å². The Morgan fingerprint density at radius 3 is 2.57 bits per heavy atom. The number of benzene rings is 2. The molecule has 1 unspecified atom stereocenters. The standard InChI is InChI=1S/C18H17IO2/c19-15-9-7-13(8-10-15)12-18(17(20)21)11-3-5-14-4-1-2-6-16(14)18/h1-2,4,6-10H,3,5,11-12H2,(H,20,21). The van der Waals surface area contributed by atoms with E-state index < -0.39 is 11.4 Å². The number of halogens is 1. The highest BCUT2D eigenvalue weighted by atomic mass is 127. The molecule has 0 aromatic heterocycles. The molecule has 3 rings (SSSR count). The molecule has 0 heterocycles. The zero-order chi connectivity index (χ0) is 14.9. The van der Waals surface area contributed by atoms with Gasteiger partial charge in [0.05, 0.1) is 5.41 Å². The molecule has 1 aliphatic carbocycles. The average molecular weight is 392 g/mol. The summed E-state index contributed by atoms with van der Waals surface area (Å²) < 4.78 is 1.17. The lowest BCUT2D eigenvalue weighted by atomic mass is 9.67. The van der Waals surface area contributed by atoms with E-state index in [1.807, 2.05) is 42.5 Å². The Morgan fingerprint density at radius 2 is 1.86 bits per heavy atom. The van der Waals surface area contributed by atoms with Gasteiger partial charge in [-0.05, 0) is 77.1 Å². The summed E-state index contributed by atoms with van der Waals surface area (Å²) in [6.07, 6.45) is 3.20. The van der Waals surface area contributed by atoms with Crippen molar-refractivity contribution >= 4 is 28.6 Å². The largest absolute Gasteiger partial charge is 0.481 e. The van der Waals surface area contributed by atoms with E-state index in [4.69, 9.17) is 0 Å². The van der Waals surface area contributed by atoms with Gasteiger partial charge in [-0.3, -0.25) is 4.79 Å². The van der Waals surface area contributed by atoms with Crippen LogP contribution < -0.4 is 0 Å². The van der Waals surface area contributed by atoms with E-state index in [0.717, 1.165) is 24.0 Å². The molecule has 2 nitrogen and oxygen atoms in total. The van der Waals surface area contributed by atoms with Gasteiger partial charge in [-0.2, -0.15) is 0 Å². The van der Waals surface area contributed by atoms with E-state index in [0.29, 0.717) is 12.8 Å². The lowest BCUT2D eigenvalue weighted by molar-refractivity contribution is -0.144. The average Bonchev–Trinajstić information content (AvgIpc) is 2.50. The number of hydrogen-bond acceptors (Lipinski definition) is 1. The van der Waals surface area contributed by atoms with Crippen LogP contribution in [0.1, 0.15) is 29.5 Å². The molecule has 0 amide bonds. The smallest absolute Gasteiger partial charge is 0.314 e. The molecule has 0 saturated carbocycles. The molecule has 0 fully saturated rings. The summed E-state index contributed by atoms with van der Waals surface area (Å²) >= 11 is 2.27. The Labute approximate surface area is 138 Å². The fourth-order valence-electron chi connectivity index (χ4n) is 3.35. The zero-order valence-electron chi connectivity index (χ0n) is 11.7. The van der Waals surface area contributed by atoms with Crippen LogP contribution in [0.5, 0.6) is 0 Å². The van der Waals surface area contributed by atoms with Crippen LogP contribution in [0, 0.1) is 3.57 Å². The van der Waals surface area contributed by atoms with Crippen molar-refractivity contribution in [3.05, 3.63) is 68.8 Å². The molecule has 1 aliphatic rings. The van der Waals surface area contributed by atoms with Gasteiger partial charge in [0, 0.05) is 3.57 Å². The first-order chi connectivity index (χ1) is 10.1. The molecule has 0 saturated heterocycles. The fraction of sp³-hybridized carbons (Fsp3) is 0.278. The molecule has 3 heteroatoms. The number of aliphatic carboxylic acids is 1. The molecule has 108 valence electrons. The van der Waals surface area contributed by atoms with Gasteiger partial charge in [-0.1, -0.05) is 36.4 Å². The van der Waals surface area contributed by atoms with E-state index >= 15 is 0 Å². The minimum absolute atomic E-state index is 0.566. The lowest BCUT2D eigenvalue weighted by Gasteiger charge is -2.35. The van der Waals surface area contributed by atoms with Crippen LogP contribution in [-0.2, 0) is 23.1 Å². The van der Waals surface area contributed by atoms with Crippen molar-refractivity contribution in [1.29, 1.82) is 0 Å². The third-order valence-corrected chi connectivity index (χ3v) is 5.13. The second-order valence-corrected chi connectivity index (χ2v) is 6.95. The first-order valence-corrected chi connectivity index (χ1v) is 8.26. The van der Waals surface area contributed by atoms with Crippen molar-refractivity contribution in [2.45, 2.75) is 31.1 Å². The molecule has 0 spiro atoms. The van der Waals surface area contributed by atoms with Gasteiger partial charge in [-0.15, -0.1) is 0 Å². The molecule has 2 aromatic carbocycles. The molecular formula is C18H17IO2. The summed E-state index contributed by atoms with van der Waals surface area (Å²) in [6, 6.07) is 16.2. The first-order valence-electron chi connectivity index (χ1n) is 7.18. The van der Waals surface area contributed by atoms with E-state index in [1.165, 1.54) is 9.13 Å². The molecule has 0 aliphatic heterocycles. The predicted octanol–water partition coefficient (Wildman–Crippen LogP) is 4.19. The van der Waals surface area contributed by atoms with Gasteiger partial charge in [0.15, 0.2) is 0 Å². The maximum Gasteiger partial charge on any atom is 0.314 e. The van der Waals surface area contributed by atoms with Crippen LogP contribution in [-0.4, -0.2) is 11.1 Å². The summed E-state index contributed by atoms with van der Waals surface area (Å²) in [6.45, 7) is 0. The molecule has 1 atom stereocenters. The Morgan fingerprint density at radius 1 is 1.14 bits per heavy atom. The van der Waals surface area contributed by atoms with Crippen LogP contribution in [0.25, 0.3) is 0 Å². The summed E-state index contributed by atoms with van der Waals surface area (Å²) in [5.74, 6) is -0.701. The maximum absolute atomic E-state index is 12.1. The third kappa shape index (κ3) is 2.71.